The Kier molecular flexibility index (Phi) is 5.21. The summed E-state index contributed by atoms with van der Waals surface area (Å²) < 4.78 is 6.23. The molecule has 0 spiro atoms. The van der Waals surface area contributed by atoms with Crippen LogP contribution in [0.4, 0.5) is 5.95 Å². The number of anilines is 1. The SMILES string of the molecule is CC1C=CC=C(Nc2ncc3cccc(OC4CCC(O)CC4)c3n2)C=C1. The molecule has 1 fully saturated rings. The fraction of sp³-hybridized carbons (Fsp3) is 0.364. The van der Waals surface area contributed by atoms with Crippen LogP contribution in [0.5, 0.6) is 5.75 Å². The molecule has 5 heteroatoms. The van der Waals surface area contributed by atoms with Gasteiger partial charge in [-0.15, -0.1) is 0 Å². The largest absolute Gasteiger partial charge is 0.488 e. The van der Waals surface area contributed by atoms with Crippen LogP contribution in [0.25, 0.3) is 10.9 Å². The van der Waals surface area contributed by atoms with E-state index in [2.05, 4.69) is 29.4 Å². The predicted octanol–water partition coefficient (Wildman–Crippen LogP) is 4.37. The normalized spacial score (nSPS) is 25.1. The first-order chi connectivity index (χ1) is 13.2. The number of para-hydroxylation sites is 1. The molecule has 0 saturated heterocycles. The monoisotopic (exact) mass is 363 g/mol. The lowest BCUT2D eigenvalue weighted by molar-refractivity contribution is 0.0672. The lowest BCUT2D eigenvalue weighted by atomic mass is 9.95. The number of nitrogens with zero attached hydrogens (tertiary/aromatic N) is 2. The maximum atomic E-state index is 9.69. The maximum absolute atomic E-state index is 9.69. The summed E-state index contributed by atoms with van der Waals surface area (Å²) >= 11 is 0. The van der Waals surface area contributed by atoms with Crippen LogP contribution in [0, 0.1) is 5.92 Å². The molecule has 4 rings (SSSR count). The molecule has 1 atom stereocenters. The van der Waals surface area contributed by atoms with Crippen LogP contribution in [-0.4, -0.2) is 27.3 Å². The fourth-order valence-corrected chi connectivity index (χ4v) is 3.45. The Morgan fingerprint density at radius 1 is 1.15 bits per heavy atom. The van der Waals surface area contributed by atoms with E-state index in [1.165, 1.54) is 0 Å². The van der Waals surface area contributed by atoms with Crippen molar-refractivity contribution in [2.45, 2.75) is 44.8 Å². The van der Waals surface area contributed by atoms with Gasteiger partial charge in [-0.1, -0.05) is 37.3 Å². The average molecular weight is 363 g/mol. The predicted molar refractivity (Wildman–Crippen MR) is 108 cm³/mol. The highest BCUT2D eigenvalue weighted by molar-refractivity contribution is 5.84. The van der Waals surface area contributed by atoms with Gasteiger partial charge >= 0.3 is 0 Å². The van der Waals surface area contributed by atoms with E-state index in [1.54, 1.807) is 0 Å². The quantitative estimate of drug-likeness (QED) is 0.844. The lowest BCUT2D eigenvalue weighted by Gasteiger charge is -2.26. The number of aliphatic hydroxyl groups is 1. The minimum absolute atomic E-state index is 0.129. The number of nitrogens with one attached hydrogen (secondary N) is 1. The molecule has 0 amide bonds. The molecular formula is C22H25N3O2. The van der Waals surface area contributed by atoms with E-state index in [0.29, 0.717) is 11.9 Å². The minimum Gasteiger partial charge on any atom is -0.488 e. The van der Waals surface area contributed by atoms with Gasteiger partial charge in [-0.05, 0) is 49.8 Å². The van der Waals surface area contributed by atoms with Gasteiger partial charge in [-0.2, -0.15) is 0 Å². The summed E-state index contributed by atoms with van der Waals surface area (Å²) in [6.07, 6.45) is 15.5. The zero-order valence-corrected chi connectivity index (χ0v) is 15.5. The van der Waals surface area contributed by atoms with E-state index >= 15 is 0 Å². The molecule has 2 aliphatic rings. The molecule has 140 valence electrons. The number of aliphatic hydroxyl groups excluding tert-OH is 1. The van der Waals surface area contributed by atoms with Gasteiger partial charge in [0, 0.05) is 17.3 Å². The molecule has 1 heterocycles. The van der Waals surface area contributed by atoms with Gasteiger partial charge in [-0.25, -0.2) is 9.97 Å². The van der Waals surface area contributed by atoms with Crippen molar-refractivity contribution in [3.63, 3.8) is 0 Å². The summed E-state index contributed by atoms with van der Waals surface area (Å²) in [4.78, 5) is 9.14. The van der Waals surface area contributed by atoms with Crippen molar-refractivity contribution in [1.82, 2.24) is 9.97 Å². The number of benzene rings is 1. The van der Waals surface area contributed by atoms with Gasteiger partial charge in [0.2, 0.25) is 5.95 Å². The molecule has 0 aliphatic heterocycles. The number of rotatable bonds is 4. The Labute approximate surface area is 159 Å². The second-order valence-electron chi connectivity index (χ2n) is 7.29. The van der Waals surface area contributed by atoms with E-state index in [-0.39, 0.29) is 12.2 Å². The summed E-state index contributed by atoms with van der Waals surface area (Å²) in [5.74, 6) is 1.74. The molecule has 0 bridgehead atoms. The van der Waals surface area contributed by atoms with E-state index in [9.17, 15) is 5.11 Å². The summed E-state index contributed by atoms with van der Waals surface area (Å²) in [7, 11) is 0. The minimum atomic E-state index is -0.187. The van der Waals surface area contributed by atoms with Gasteiger partial charge in [0.05, 0.1) is 12.2 Å². The van der Waals surface area contributed by atoms with Crippen molar-refractivity contribution in [3.8, 4) is 5.75 Å². The number of aromatic nitrogens is 2. The van der Waals surface area contributed by atoms with Crippen LogP contribution >= 0.6 is 0 Å². The highest BCUT2D eigenvalue weighted by Crippen LogP contribution is 2.29. The summed E-state index contributed by atoms with van der Waals surface area (Å²) in [6, 6.07) is 5.92. The second-order valence-corrected chi connectivity index (χ2v) is 7.29. The number of hydrogen-bond donors (Lipinski definition) is 2. The van der Waals surface area contributed by atoms with Crippen LogP contribution < -0.4 is 10.1 Å². The third kappa shape index (κ3) is 4.37. The molecule has 1 aromatic heterocycles. The third-order valence-electron chi connectivity index (χ3n) is 5.04. The molecule has 2 N–H and O–H groups in total. The number of hydrogen-bond acceptors (Lipinski definition) is 5. The standard InChI is InChI=1S/C22H25N3O2/c1-15-4-2-6-17(9-8-15)24-22-23-14-16-5-3-7-20(21(16)25-22)27-19-12-10-18(26)11-13-19/h2-9,14-15,18-19,26H,10-13H2,1H3,(H,23,24,25). The molecule has 0 radical (unpaired) electrons. The highest BCUT2D eigenvalue weighted by Gasteiger charge is 2.21. The van der Waals surface area contributed by atoms with Gasteiger partial charge in [0.1, 0.15) is 11.3 Å². The summed E-state index contributed by atoms with van der Waals surface area (Å²) in [5.41, 5.74) is 1.76. The Morgan fingerprint density at radius 2 is 2.00 bits per heavy atom. The summed E-state index contributed by atoms with van der Waals surface area (Å²) in [5, 5.41) is 13.9. The van der Waals surface area contributed by atoms with E-state index < -0.39 is 0 Å². The molecule has 27 heavy (non-hydrogen) atoms. The topological polar surface area (TPSA) is 67.3 Å². The van der Waals surface area contributed by atoms with E-state index in [0.717, 1.165) is 48.0 Å². The second kappa shape index (κ2) is 7.92. The first-order valence-electron chi connectivity index (χ1n) is 9.61. The first kappa shape index (κ1) is 17.7. The van der Waals surface area contributed by atoms with Crippen LogP contribution in [-0.2, 0) is 0 Å². The maximum Gasteiger partial charge on any atom is 0.227 e. The van der Waals surface area contributed by atoms with Crippen molar-refractivity contribution >= 4 is 16.9 Å². The first-order valence-corrected chi connectivity index (χ1v) is 9.61. The fourth-order valence-electron chi connectivity index (χ4n) is 3.45. The summed E-state index contributed by atoms with van der Waals surface area (Å²) in [6.45, 7) is 2.14. The van der Waals surface area contributed by atoms with Gasteiger partial charge < -0.3 is 15.2 Å². The van der Waals surface area contributed by atoms with Crippen LogP contribution in [0.1, 0.15) is 32.6 Å². The van der Waals surface area contributed by atoms with E-state index in [4.69, 9.17) is 9.72 Å². The Morgan fingerprint density at radius 3 is 2.85 bits per heavy atom. The molecule has 2 aromatic rings. The molecule has 5 nitrogen and oxygen atoms in total. The Hall–Kier alpha value is -2.66. The van der Waals surface area contributed by atoms with Crippen LogP contribution in [0.3, 0.4) is 0 Å². The van der Waals surface area contributed by atoms with Gasteiger partial charge in [0.15, 0.2) is 0 Å². The molecule has 2 aliphatic carbocycles. The van der Waals surface area contributed by atoms with Gasteiger partial charge in [-0.3, -0.25) is 0 Å². The Balaban J connectivity index is 1.56. The number of ether oxygens (including phenoxy) is 1. The van der Waals surface area contributed by atoms with Crippen molar-refractivity contribution < 1.29 is 9.84 Å². The van der Waals surface area contributed by atoms with Crippen LogP contribution in [0.15, 0.2) is 60.5 Å². The van der Waals surface area contributed by atoms with Crippen molar-refractivity contribution in [1.29, 1.82) is 0 Å². The molecule has 1 unspecified atom stereocenters. The molecule has 1 aromatic carbocycles. The molecular weight excluding hydrogens is 338 g/mol. The smallest absolute Gasteiger partial charge is 0.227 e. The van der Waals surface area contributed by atoms with Crippen LogP contribution in [0.2, 0.25) is 0 Å². The van der Waals surface area contributed by atoms with Gasteiger partial charge in [0.25, 0.3) is 0 Å². The average Bonchev–Trinajstić information content (AvgIpc) is 2.88. The lowest BCUT2D eigenvalue weighted by Crippen LogP contribution is -2.26. The number of fused-ring (bicyclic) bond motifs is 1. The zero-order chi connectivity index (χ0) is 18.6. The highest BCUT2D eigenvalue weighted by atomic mass is 16.5. The number of allylic oxidation sites excluding steroid dienone is 5. The zero-order valence-electron chi connectivity index (χ0n) is 15.5. The molecule has 1 saturated carbocycles. The van der Waals surface area contributed by atoms with Crippen molar-refractivity contribution in [2.75, 3.05) is 5.32 Å². The van der Waals surface area contributed by atoms with E-state index in [1.807, 2.05) is 42.6 Å². The van der Waals surface area contributed by atoms with Crippen molar-refractivity contribution in [3.05, 3.63) is 60.5 Å². The Bertz CT molecular complexity index is 896. The third-order valence-corrected chi connectivity index (χ3v) is 5.04. The van der Waals surface area contributed by atoms with Crippen molar-refractivity contribution in [2.24, 2.45) is 5.92 Å².